The van der Waals surface area contributed by atoms with E-state index in [9.17, 15) is 0 Å². The summed E-state index contributed by atoms with van der Waals surface area (Å²) in [6, 6.07) is 0.559. The highest BCUT2D eigenvalue weighted by Gasteiger charge is 2.09. The number of aliphatic hydroxyl groups excluding tert-OH is 1. The van der Waals surface area contributed by atoms with Crippen molar-refractivity contribution in [3.05, 3.63) is 0 Å². The van der Waals surface area contributed by atoms with E-state index in [4.69, 9.17) is 5.11 Å². The SMILES string of the molecule is CCC(C)C(C)NCC(C)CO. The van der Waals surface area contributed by atoms with Gasteiger partial charge in [0, 0.05) is 19.2 Å². The Morgan fingerprint density at radius 2 is 1.83 bits per heavy atom. The van der Waals surface area contributed by atoms with E-state index in [0.29, 0.717) is 12.0 Å². The fraction of sp³-hybridized carbons (Fsp3) is 1.00. The van der Waals surface area contributed by atoms with Crippen molar-refractivity contribution in [1.82, 2.24) is 5.32 Å². The number of rotatable bonds is 6. The fourth-order valence-corrected chi connectivity index (χ4v) is 1.01. The Kier molecular flexibility index (Phi) is 6.39. The van der Waals surface area contributed by atoms with Crippen molar-refractivity contribution >= 4 is 0 Å². The summed E-state index contributed by atoms with van der Waals surface area (Å²) in [6.45, 7) is 9.91. The lowest BCUT2D eigenvalue weighted by atomic mass is 10.0. The highest BCUT2D eigenvalue weighted by atomic mass is 16.3. The van der Waals surface area contributed by atoms with Crippen LogP contribution >= 0.6 is 0 Å². The quantitative estimate of drug-likeness (QED) is 0.640. The van der Waals surface area contributed by atoms with Crippen molar-refractivity contribution in [1.29, 1.82) is 0 Å². The molecule has 0 bridgehead atoms. The monoisotopic (exact) mass is 173 g/mol. The first-order valence-electron chi connectivity index (χ1n) is 4.96. The number of hydrogen-bond acceptors (Lipinski definition) is 2. The Labute approximate surface area is 76.4 Å². The second-order valence-electron chi connectivity index (χ2n) is 3.87. The van der Waals surface area contributed by atoms with Crippen LogP contribution in [0.4, 0.5) is 0 Å². The molecule has 0 rings (SSSR count). The lowest BCUT2D eigenvalue weighted by molar-refractivity contribution is 0.226. The maximum Gasteiger partial charge on any atom is 0.0468 e. The summed E-state index contributed by atoms with van der Waals surface area (Å²) < 4.78 is 0. The molecule has 0 heterocycles. The Balaban J connectivity index is 3.49. The number of nitrogens with one attached hydrogen (secondary N) is 1. The zero-order chi connectivity index (χ0) is 9.56. The van der Waals surface area contributed by atoms with Crippen molar-refractivity contribution in [2.45, 2.75) is 40.2 Å². The Morgan fingerprint density at radius 3 is 2.25 bits per heavy atom. The maximum absolute atomic E-state index is 8.80. The molecule has 2 N–H and O–H groups in total. The van der Waals surface area contributed by atoms with Gasteiger partial charge in [-0.2, -0.15) is 0 Å². The molecule has 0 aliphatic heterocycles. The molecule has 74 valence electrons. The summed E-state index contributed by atoms with van der Waals surface area (Å²) in [5, 5.41) is 12.2. The normalized spacial score (nSPS) is 18.8. The van der Waals surface area contributed by atoms with Crippen LogP contribution in [0.25, 0.3) is 0 Å². The first-order chi connectivity index (χ1) is 5.61. The fourth-order valence-electron chi connectivity index (χ4n) is 1.01. The van der Waals surface area contributed by atoms with Gasteiger partial charge < -0.3 is 10.4 Å². The largest absolute Gasteiger partial charge is 0.396 e. The Bertz CT molecular complexity index is 106. The molecule has 0 saturated carbocycles. The molecule has 0 spiro atoms. The van der Waals surface area contributed by atoms with Crippen LogP contribution in [0.2, 0.25) is 0 Å². The van der Waals surface area contributed by atoms with Gasteiger partial charge in [-0.15, -0.1) is 0 Å². The van der Waals surface area contributed by atoms with E-state index in [1.54, 1.807) is 0 Å². The average Bonchev–Trinajstić information content (AvgIpc) is 2.11. The molecule has 3 atom stereocenters. The summed E-state index contributed by atoms with van der Waals surface area (Å²) in [7, 11) is 0. The van der Waals surface area contributed by atoms with E-state index in [1.165, 1.54) is 6.42 Å². The molecular formula is C10H23NO. The van der Waals surface area contributed by atoms with Gasteiger partial charge in [-0.1, -0.05) is 27.2 Å². The smallest absolute Gasteiger partial charge is 0.0468 e. The summed E-state index contributed by atoms with van der Waals surface area (Å²) >= 11 is 0. The Hall–Kier alpha value is -0.0800. The highest BCUT2D eigenvalue weighted by Crippen LogP contribution is 2.06. The molecule has 2 heteroatoms. The van der Waals surface area contributed by atoms with Gasteiger partial charge in [0.15, 0.2) is 0 Å². The van der Waals surface area contributed by atoms with Crippen LogP contribution in [0.1, 0.15) is 34.1 Å². The lowest BCUT2D eigenvalue weighted by Gasteiger charge is -2.21. The zero-order valence-corrected chi connectivity index (χ0v) is 8.80. The Morgan fingerprint density at radius 1 is 1.25 bits per heavy atom. The van der Waals surface area contributed by atoms with Gasteiger partial charge in [0.1, 0.15) is 0 Å². The van der Waals surface area contributed by atoms with E-state index in [2.05, 4.69) is 33.0 Å². The molecule has 0 aromatic carbocycles. The predicted octanol–water partition coefficient (Wildman–Crippen LogP) is 1.64. The second-order valence-corrected chi connectivity index (χ2v) is 3.87. The van der Waals surface area contributed by atoms with E-state index >= 15 is 0 Å². The maximum atomic E-state index is 8.80. The summed E-state index contributed by atoms with van der Waals surface area (Å²) in [5.41, 5.74) is 0. The highest BCUT2D eigenvalue weighted by molar-refractivity contribution is 4.68. The van der Waals surface area contributed by atoms with Crippen molar-refractivity contribution < 1.29 is 5.11 Å². The minimum atomic E-state index is 0.278. The van der Waals surface area contributed by atoms with Gasteiger partial charge in [0.25, 0.3) is 0 Å². The van der Waals surface area contributed by atoms with Crippen LogP contribution < -0.4 is 5.32 Å². The molecular weight excluding hydrogens is 150 g/mol. The van der Waals surface area contributed by atoms with Crippen LogP contribution in [-0.2, 0) is 0 Å². The molecule has 0 saturated heterocycles. The molecule has 0 amide bonds. The van der Waals surface area contributed by atoms with Gasteiger partial charge >= 0.3 is 0 Å². The first kappa shape index (κ1) is 11.9. The molecule has 0 aromatic rings. The van der Waals surface area contributed by atoms with E-state index < -0.39 is 0 Å². The second kappa shape index (κ2) is 6.44. The molecule has 0 aliphatic rings. The summed E-state index contributed by atoms with van der Waals surface area (Å²) in [4.78, 5) is 0. The van der Waals surface area contributed by atoms with Crippen molar-refractivity contribution in [3.8, 4) is 0 Å². The third-order valence-corrected chi connectivity index (χ3v) is 2.60. The topological polar surface area (TPSA) is 32.3 Å². The van der Waals surface area contributed by atoms with Crippen molar-refractivity contribution in [2.24, 2.45) is 11.8 Å². The van der Waals surface area contributed by atoms with E-state index in [1.807, 2.05) is 0 Å². The molecule has 0 aromatic heterocycles. The van der Waals surface area contributed by atoms with E-state index in [-0.39, 0.29) is 6.61 Å². The van der Waals surface area contributed by atoms with Gasteiger partial charge in [-0.25, -0.2) is 0 Å². The standard InChI is InChI=1S/C10H23NO/c1-5-9(3)10(4)11-6-8(2)7-12/h8-12H,5-7H2,1-4H3. The van der Waals surface area contributed by atoms with Crippen LogP contribution in [0, 0.1) is 11.8 Å². The average molecular weight is 173 g/mol. The van der Waals surface area contributed by atoms with Gasteiger partial charge in [0.05, 0.1) is 0 Å². The van der Waals surface area contributed by atoms with Crippen molar-refractivity contribution in [2.75, 3.05) is 13.2 Å². The minimum Gasteiger partial charge on any atom is -0.396 e. The van der Waals surface area contributed by atoms with Crippen LogP contribution in [0.15, 0.2) is 0 Å². The van der Waals surface area contributed by atoms with Gasteiger partial charge in [-0.3, -0.25) is 0 Å². The third-order valence-electron chi connectivity index (χ3n) is 2.60. The van der Waals surface area contributed by atoms with Gasteiger partial charge in [0.2, 0.25) is 0 Å². The molecule has 0 fully saturated rings. The molecule has 0 radical (unpaired) electrons. The first-order valence-corrected chi connectivity index (χ1v) is 4.96. The summed E-state index contributed by atoms with van der Waals surface area (Å²) in [6.07, 6.45) is 1.21. The minimum absolute atomic E-state index is 0.278. The molecule has 2 nitrogen and oxygen atoms in total. The van der Waals surface area contributed by atoms with Crippen LogP contribution in [0.5, 0.6) is 0 Å². The molecule has 12 heavy (non-hydrogen) atoms. The zero-order valence-electron chi connectivity index (χ0n) is 8.80. The summed E-state index contributed by atoms with van der Waals surface area (Å²) in [5.74, 6) is 1.09. The number of hydrogen-bond donors (Lipinski definition) is 2. The van der Waals surface area contributed by atoms with Crippen molar-refractivity contribution in [3.63, 3.8) is 0 Å². The molecule has 3 unspecified atom stereocenters. The predicted molar refractivity (Wildman–Crippen MR) is 53.2 cm³/mol. The van der Waals surface area contributed by atoms with Gasteiger partial charge in [-0.05, 0) is 18.8 Å². The third kappa shape index (κ3) is 4.73. The molecule has 0 aliphatic carbocycles. The number of aliphatic hydroxyl groups is 1. The van der Waals surface area contributed by atoms with E-state index in [0.717, 1.165) is 12.5 Å². The van der Waals surface area contributed by atoms with Crippen LogP contribution in [0.3, 0.4) is 0 Å². The van der Waals surface area contributed by atoms with Crippen LogP contribution in [-0.4, -0.2) is 24.3 Å². The lowest BCUT2D eigenvalue weighted by Crippen LogP contribution is -2.35.